The highest BCUT2D eigenvalue weighted by Crippen LogP contribution is 2.24. The first kappa shape index (κ1) is 24.3. The molecule has 1 aromatic carbocycles. The summed E-state index contributed by atoms with van der Waals surface area (Å²) in [7, 11) is 4.06. The summed E-state index contributed by atoms with van der Waals surface area (Å²) in [6, 6.07) is 7.90. The number of imidazole rings is 1. The number of aryl methyl sites for hydroxylation is 1. The fraction of sp³-hybridized carbons (Fsp3) is 0.500. The molecule has 0 saturated carbocycles. The highest BCUT2D eigenvalue weighted by Gasteiger charge is 2.31. The molecule has 1 saturated heterocycles. The average Bonchev–Trinajstić information content (AvgIpc) is 3.06. The van der Waals surface area contributed by atoms with Gasteiger partial charge in [-0.3, -0.25) is 4.79 Å². The van der Waals surface area contributed by atoms with Crippen LogP contribution in [0.5, 0.6) is 0 Å². The predicted octanol–water partition coefficient (Wildman–Crippen LogP) is 3.14. The second-order valence-corrected chi connectivity index (χ2v) is 7.44. The Hall–Kier alpha value is -1.76. The molecule has 1 aliphatic rings. The molecule has 2 heterocycles. The Labute approximate surface area is 180 Å². The number of nitrogens with zero attached hydrogens (tertiary/aromatic N) is 4. The summed E-state index contributed by atoms with van der Waals surface area (Å²) in [6.07, 6.45) is 3.71. The Kier molecular flexibility index (Phi) is 9.27. The van der Waals surface area contributed by atoms with E-state index >= 15 is 0 Å². The fourth-order valence-corrected chi connectivity index (χ4v) is 3.55. The van der Waals surface area contributed by atoms with Gasteiger partial charge in [0.1, 0.15) is 11.9 Å². The van der Waals surface area contributed by atoms with Crippen molar-refractivity contribution in [1.29, 1.82) is 0 Å². The van der Waals surface area contributed by atoms with Gasteiger partial charge in [-0.1, -0.05) is 13.8 Å². The van der Waals surface area contributed by atoms with Crippen molar-refractivity contribution in [3.8, 4) is 0 Å². The number of rotatable bonds is 5. The van der Waals surface area contributed by atoms with E-state index in [4.69, 9.17) is 0 Å². The lowest BCUT2D eigenvalue weighted by molar-refractivity contribution is 0.0621. The second kappa shape index (κ2) is 10.7. The zero-order valence-corrected chi connectivity index (χ0v) is 18.6. The van der Waals surface area contributed by atoms with Crippen LogP contribution in [0.3, 0.4) is 0 Å². The molecule has 2 aromatic rings. The van der Waals surface area contributed by atoms with E-state index in [1.165, 1.54) is 0 Å². The minimum absolute atomic E-state index is 0. The van der Waals surface area contributed by atoms with E-state index in [0.29, 0.717) is 12.5 Å². The van der Waals surface area contributed by atoms with Gasteiger partial charge in [0, 0.05) is 63.9 Å². The minimum Gasteiger partial charge on any atom is -0.374 e. The van der Waals surface area contributed by atoms with Crippen LogP contribution in [-0.4, -0.2) is 53.6 Å². The highest BCUT2D eigenvalue weighted by molar-refractivity contribution is 5.95. The first-order valence-corrected chi connectivity index (χ1v) is 9.27. The molecule has 3 rings (SSSR count). The summed E-state index contributed by atoms with van der Waals surface area (Å²) in [5.74, 6) is 1.58. The standard InChI is InChI=1S/C20H29N5O.2ClH/c1-15(2)14-24(4)17-7-5-16(6-8-17)20(26)25-12-9-21-13-18(25)19-22-10-11-23(19)3;;/h5-8,10-11,15,18,21H,9,12-14H2,1-4H3;2*1H. The zero-order chi connectivity index (χ0) is 18.7. The Balaban J connectivity index is 0.00000196. The summed E-state index contributed by atoms with van der Waals surface area (Å²) in [5.41, 5.74) is 1.86. The molecule has 6 nitrogen and oxygen atoms in total. The van der Waals surface area contributed by atoms with Crippen LogP contribution in [-0.2, 0) is 7.05 Å². The van der Waals surface area contributed by atoms with Crippen LogP contribution in [0.1, 0.15) is 36.1 Å². The molecule has 0 aliphatic carbocycles. The summed E-state index contributed by atoms with van der Waals surface area (Å²) in [6.45, 7) is 7.62. The van der Waals surface area contributed by atoms with E-state index in [2.05, 4.69) is 36.1 Å². The molecule has 1 aromatic heterocycles. The Morgan fingerprint density at radius 3 is 2.54 bits per heavy atom. The third-order valence-corrected chi connectivity index (χ3v) is 4.85. The number of aromatic nitrogens is 2. The van der Waals surface area contributed by atoms with Crippen molar-refractivity contribution in [2.75, 3.05) is 38.1 Å². The fourth-order valence-electron chi connectivity index (χ4n) is 3.55. The average molecular weight is 428 g/mol. The lowest BCUT2D eigenvalue weighted by Crippen LogP contribution is -2.49. The van der Waals surface area contributed by atoms with Gasteiger partial charge in [0.05, 0.1) is 0 Å². The highest BCUT2D eigenvalue weighted by atomic mass is 35.5. The summed E-state index contributed by atoms with van der Waals surface area (Å²) < 4.78 is 1.99. The molecular weight excluding hydrogens is 397 g/mol. The van der Waals surface area contributed by atoms with Gasteiger partial charge >= 0.3 is 0 Å². The van der Waals surface area contributed by atoms with Crippen LogP contribution in [0.15, 0.2) is 36.7 Å². The lowest BCUT2D eigenvalue weighted by atomic mass is 10.1. The number of nitrogens with one attached hydrogen (secondary N) is 1. The maximum absolute atomic E-state index is 13.1. The summed E-state index contributed by atoms with van der Waals surface area (Å²) >= 11 is 0. The molecule has 1 N–H and O–H groups in total. The van der Waals surface area contributed by atoms with E-state index in [9.17, 15) is 4.79 Å². The van der Waals surface area contributed by atoms with Crippen LogP contribution < -0.4 is 10.2 Å². The molecule has 156 valence electrons. The van der Waals surface area contributed by atoms with Crippen LogP contribution in [0.2, 0.25) is 0 Å². The molecular formula is C20H31Cl2N5O. The molecule has 8 heteroatoms. The van der Waals surface area contributed by atoms with E-state index in [1.54, 1.807) is 6.20 Å². The quantitative estimate of drug-likeness (QED) is 0.795. The number of anilines is 1. The van der Waals surface area contributed by atoms with Crippen molar-refractivity contribution < 1.29 is 4.79 Å². The van der Waals surface area contributed by atoms with Gasteiger partial charge in [-0.2, -0.15) is 0 Å². The minimum atomic E-state index is -0.0421. The van der Waals surface area contributed by atoms with Gasteiger partial charge in [-0.25, -0.2) is 4.98 Å². The van der Waals surface area contributed by atoms with Crippen LogP contribution in [0, 0.1) is 5.92 Å². The Morgan fingerprint density at radius 2 is 1.96 bits per heavy atom. The number of carbonyl (C=O) groups is 1. The number of benzene rings is 1. The third kappa shape index (κ3) is 5.40. The van der Waals surface area contributed by atoms with Crippen molar-refractivity contribution in [1.82, 2.24) is 19.8 Å². The summed E-state index contributed by atoms with van der Waals surface area (Å²) in [4.78, 5) is 21.7. The van der Waals surface area contributed by atoms with Gasteiger partial charge in [0.25, 0.3) is 5.91 Å². The molecule has 28 heavy (non-hydrogen) atoms. The zero-order valence-electron chi connectivity index (χ0n) is 17.0. The number of piperazine rings is 1. The molecule has 0 bridgehead atoms. The normalized spacial score (nSPS) is 16.3. The smallest absolute Gasteiger partial charge is 0.254 e. The van der Waals surface area contributed by atoms with E-state index in [1.807, 2.05) is 47.0 Å². The molecule has 1 unspecified atom stereocenters. The second-order valence-electron chi connectivity index (χ2n) is 7.44. The molecule has 1 aliphatic heterocycles. The van der Waals surface area contributed by atoms with Gasteiger partial charge < -0.3 is 19.7 Å². The number of hydrogen-bond donors (Lipinski definition) is 1. The number of amides is 1. The molecule has 1 amide bonds. The maximum atomic E-state index is 13.1. The van der Waals surface area contributed by atoms with E-state index in [0.717, 1.165) is 36.7 Å². The molecule has 1 atom stereocenters. The van der Waals surface area contributed by atoms with Crippen molar-refractivity contribution >= 4 is 36.4 Å². The first-order chi connectivity index (χ1) is 12.5. The van der Waals surface area contributed by atoms with Crippen LogP contribution in [0.4, 0.5) is 5.69 Å². The topological polar surface area (TPSA) is 53.4 Å². The van der Waals surface area contributed by atoms with E-state index in [-0.39, 0.29) is 36.8 Å². The third-order valence-electron chi connectivity index (χ3n) is 4.85. The van der Waals surface area contributed by atoms with Crippen molar-refractivity contribution in [3.05, 3.63) is 48.0 Å². The Morgan fingerprint density at radius 1 is 1.29 bits per heavy atom. The monoisotopic (exact) mass is 427 g/mol. The number of halogens is 2. The van der Waals surface area contributed by atoms with Gasteiger partial charge in [-0.15, -0.1) is 24.8 Å². The number of hydrogen-bond acceptors (Lipinski definition) is 4. The number of carbonyl (C=O) groups excluding carboxylic acids is 1. The van der Waals surface area contributed by atoms with Gasteiger partial charge in [-0.05, 0) is 30.2 Å². The predicted molar refractivity (Wildman–Crippen MR) is 119 cm³/mol. The van der Waals surface area contributed by atoms with Crippen LogP contribution >= 0.6 is 24.8 Å². The molecule has 0 spiro atoms. The van der Waals surface area contributed by atoms with Crippen molar-refractivity contribution in [3.63, 3.8) is 0 Å². The van der Waals surface area contributed by atoms with Gasteiger partial charge in [0.15, 0.2) is 0 Å². The first-order valence-electron chi connectivity index (χ1n) is 9.27. The Bertz CT molecular complexity index is 747. The van der Waals surface area contributed by atoms with Crippen LogP contribution in [0.25, 0.3) is 0 Å². The SMILES string of the molecule is CC(C)CN(C)c1ccc(C(=O)N2CCNCC2c2nccn2C)cc1.Cl.Cl. The lowest BCUT2D eigenvalue weighted by Gasteiger charge is -2.36. The van der Waals surface area contributed by atoms with Crippen molar-refractivity contribution in [2.24, 2.45) is 13.0 Å². The van der Waals surface area contributed by atoms with Crippen molar-refractivity contribution in [2.45, 2.75) is 19.9 Å². The molecule has 0 radical (unpaired) electrons. The van der Waals surface area contributed by atoms with E-state index < -0.39 is 0 Å². The van der Waals surface area contributed by atoms with Gasteiger partial charge in [0.2, 0.25) is 0 Å². The molecule has 1 fully saturated rings. The summed E-state index contributed by atoms with van der Waals surface area (Å²) in [5, 5.41) is 3.37. The maximum Gasteiger partial charge on any atom is 0.254 e. The largest absolute Gasteiger partial charge is 0.374 e.